The molecular weight excluding hydrogens is 224 g/mol. The van der Waals surface area contributed by atoms with Crippen molar-refractivity contribution in [3.8, 4) is 0 Å². The number of nitrogens with one attached hydrogen (secondary N) is 3. The van der Waals surface area contributed by atoms with E-state index < -0.39 is 12.0 Å². The molecule has 1 rings (SSSR count). The van der Waals surface area contributed by atoms with Crippen LogP contribution in [0.25, 0.3) is 0 Å². The Kier molecular flexibility index (Phi) is 5.15. The lowest BCUT2D eigenvalue weighted by atomic mass is 10.1. The molecule has 0 aliphatic rings. The van der Waals surface area contributed by atoms with Crippen LogP contribution in [0.4, 0.5) is 0 Å². The first-order valence-corrected chi connectivity index (χ1v) is 5.27. The number of carbonyl (C=O) groups excluding carboxylic acids is 1. The fourth-order valence-electron chi connectivity index (χ4n) is 1.32. The van der Waals surface area contributed by atoms with E-state index in [1.807, 2.05) is 0 Å². The highest BCUT2D eigenvalue weighted by Crippen LogP contribution is 1.99. The molecule has 0 bridgehead atoms. The summed E-state index contributed by atoms with van der Waals surface area (Å²) in [4.78, 5) is 29.0. The number of rotatable bonds is 7. The number of aromatic amines is 1. The number of imidazole rings is 1. The lowest BCUT2D eigenvalue weighted by Gasteiger charge is -2.13. The third-order valence-corrected chi connectivity index (χ3v) is 2.21. The van der Waals surface area contributed by atoms with Gasteiger partial charge in [-0.25, -0.2) is 9.78 Å². The molecule has 1 amide bonds. The molecule has 1 heterocycles. The third-order valence-electron chi connectivity index (χ3n) is 2.21. The SMILES string of the molecule is CNCCC(=O)N[C@H](Cc1cnc[nH]1)C(=O)O. The number of carbonyl (C=O) groups is 2. The molecule has 0 saturated carbocycles. The predicted molar refractivity (Wildman–Crippen MR) is 60.4 cm³/mol. The van der Waals surface area contributed by atoms with Crippen molar-refractivity contribution in [2.45, 2.75) is 18.9 Å². The molecule has 7 heteroatoms. The van der Waals surface area contributed by atoms with Gasteiger partial charge in [-0.15, -0.1) is 0 Å². The Morgan fingerprint density at radius 3 is 2.88 bits per heavy atom. The van der Waals surface area contributed by atoms with Gasteiger partial charge in [-0.05, 0) is 7.05 Å². The molecule has 1 aromatic heterocycles. The van der Waals surface area contributed by atoms with Crippen LogP contribution >= 0.6 is 0 Å². The lowest BCUT2D eigenvalue weighted by molar-refractivity contribution is -0.141. The van der Waals surface area contributed by atoms with Crippen LogP contribution in [0, 0.1) is 0 Å². The lowest BCUT2D eigenvalue weighted by Crippen LogP contribution is -2.43. The molecule has 0 spiro atoms. The Labute approximate surface area is 98.6 Å². The standard InChI is InChI=1S/C10H16N4O3/c1-11-3-2-9(15)14-8(10(16)17)4-7-5-12-6-13-7/h5-6,8,11H,2-4H2,1H3,(H,12,13)(H,14,15)(H,16,17)/t8-/m1/s1. The van der Waals surface area contributed by atoms with E-state index in [1.54, 1.807) is 7.05 Å². The van der Waals surface area contributed by atoms with Crippen molar-refractivity contribution in [3.05, 3.63) is 18.2 Å². The maximum atomic E-state index is 11.4. The Morgan fingerprint density at radius 2 is 2.35 bits per heavy atom. The van der Waals surface area contributed by atoms with Crippen molar-refractivity contribution in [2.24, 2.45) is 0 Å². The highest BCUT2D eigenvalue weighted by atomic mass is 16.4. The molecule has 94 valence electrons. The van der Waals surface area contributed by atoms with Crippen LogP contribution in [0.15, 0.2) is 12.5 Å². The van der Waals surface area contributed by atoms with Crippen LogP contribution in [0.3, 0.4) is 0 Å². The van der Waals surface area contributed by atoms with Crippen LogP contribution in [0.2, 0.25) is 0 Å². The molecule has 0 radical (unpaired) electrons. The molecule has 0 aromatic carbocycles. The van der Waals surface area contributed by atoms with Crippen LogP contribution in [0.1, 0.15) is 12.1 Å². The largest absolute Gasteiger partial charge is 0.480 e. The van der Waals surface area contributed by atoms with Gasteiger partial charge in [0.15, 0.2) is 0 Å². The first-order valence-electron chi connectivity index (χ1n) is 5.27. The second-order valence-corrected chi connectivity index (χ2v) is 3.59. The number of amides is 1. The molecule has 1 aromatic rings. The van der Waals surface area contributed by atoms with E-state index in [0.29, 0.717) is 12.2 Å². The maximum Gasteiger partial charge on any atom is 0.326 e. The summed E-state index contributed by atoms with van der Waals surface area (Å²) in [6.07, 6.45) is 3.46. The van der Waals surface area contributed by atoms with Crippen LogP contribution < -0.4 is 10.6 Å². The topological polar surface area (TPSA) is 107 Å². The van der Waals surface area contributed by atoms with Gasteiger partial charge in [0.1, 0.15) is 6.04 Å². The van der Waals surface area contributed by atoms with Crippen molar-refractivity contribution in [3.63, 3.8) is 0 Å². The van der Waals surface area contributed by atoms with E-state index >= 15 is 0 Å². The zero-order chi connectivity index (χ0) is 12.7. The molecule has 0 saturated heterocycles. The summed E-state index contributed by atoms with van der Waals surface area (Å²) in [5.41, 5.74) is 0.673. The van der Waals surface area contributed by atoms with E-state index in [9.17, 15) is 9.59 Å². The summed E-state index contributed by atoms with van der Waals surface area (Å²) in [6, 6.07) is -0.931. The highest BCUT2D eigenvalue weighted by Gasteiger charge is 2.20. The summed E-state index contributed by atoms with van der Waals surface area (Å²) in [7, 11) is 1.73. The Bertz CT molecular complexity index is 364. The first-order chi connectivity index (χ1) is 8.13. The van der Waals surface area contributed by atoms with Gasteiger partial charge < -0.3 is 20.7 Å². The van der Waals surface area contributed by atoms with Crippen molar-refractivity contribution in [2.75, 3.05) is 13.6 Å². The van der Waals surface area contributed by atoms with Crippen molar-refractivity contribution in [1.82, 2.24) is 20.6 Å². The number of aromatic nitrogens is 2. The van der Waals surface area contributed by atoms with Gasteiger partial charge >= 0.3 is 5.97 Å². The molecule has 0 aliphatic heterocycles. The van der Waals surface area contributed by atoms with Gasteiger partial charge in [-0.2, -0.15) is 0 Å². The smallest absolute Gasteiger partial charge is 0.326 e. The second kappa shape index (κ2) is 6.64. The summed E-state index contributed by atoms with van der Waals surface area (Å²) in [5, 5.41) is 14.3. The van der Waals surface area contributed by atoms with Crippen LogP contribution in [-0.2, 0) is 16.0 Å². The minimum Gasteiger partial charge on any atom is -0.480 e. The van der Waals surface area contributed by atoms with Gasteiger partial charge in [0.2, 0.25) is 5.91 Å². The fraction of sp³-hybridized carbons (Fsp3) is 0.500. The van der Waals surface area contributed by atoms with Crippen molar-refractivity contribution in [1.29, 1.82) is 0 Å². The molecular formula is C10H16N4O3. The van der Waals surface area contributed by atoms with E-state index in [4.69, 9.17) is 5.11 Å². The minimum atomic E-state index is -1.06. The number of H-pyrrole nitrogens is 1. The van der Waals surface area contributed by atoms with Crippen molar-refractivity contribution < 1.29 is 14.7 Å². The molecule has 7 nitrogen and oxygen atoms in total. The van der Waals surface area contributed by atoms with Crippen LogP contribution in [0.5, 0.6) is 0 Å². The predicted octanol–water partition coefficient (Wildman–Crippen LogP) is -0.869. The number of aliphatic carboxylic acids is 1. The fourth-order valence-corrected chi connectivity index (χ4v) is 1.32. The third kappa shape index (κ3) is 4.64. The molecule has 4 N–H and O–H groups in total. The minimum absolute atomic E-state index is 0.195. The van der Waals surface area contributed by atoms with Gasteiger partial charge in [0, 0.05) is 31.3 Å². The van der Waals surface area contributed by atoms with Gasteiger partial charge in [-0.1, -0.05) is 0 Å². The highest BCUT2D eigenvalue weighted by molar-refractivity contribution is 5.83. The summed E-state index contributed by atoms with van der Waals surface area (Å²) in [6.45, 7) is 0.516. The number of carboxylic acid groups (broad SMARTS) is 1. The zero-order valence-electron chi connectivity index (χ0n) is 9.56. The monoisotopic (exact) mass is 240 g/mol. The number of carboxylic acids is 1. The van der Waals surface area contributed by atoms with E-state index in [2.05, 4.69) is 20.6 Å². The maximum absolute atomic E-state index is 11.4. The second-order valence-electron chi connectivity index (χ2n) is 3.59. The van der Waals surface area contributed by atoms with Gasteiger partial charge in [0.25, 0.3) is 0 Å². The zero-order valence-corrected chi connectivity index (χ0v) is 9.56. The van der Waals surface area contributed by atoms with E-state index in [0.717, 1.165) is 0 Å². The number of hydrogen-bond acceptors (Lipinski definition) is 4. The molecule has 0 aliphatic carbocycles. The normalized spacial score (nSPS) is 12.1. The number of nitrogens with zero attached hydrogens (tertiary/aromatic N) is 1. The van der Waals surface area contributed by atoms with Gasteiger partial charge in [0.05, 0.1) is 6.33 Å². The molecule has 17 heavy (non-hydrogen) atoms. The summed E-state index contributed by atoms with van der Waals surface area (Å²) < 4.78 is 0. The Balaban J connectivity index is 2.49. The van der Waals surface area contributed by atoms with E-state index in [-0.39, 0.29) is 18.7 Å². The van der Waals surface area contributed by atoms with Gasteiger partial charge in [-0.3, -0.25) is 4.79 Å². The quantitative estimate of drug-likeness (QED) is 0.495. The Hall–Kier alpha value is -1.89. The average Bonchev–Trinajstić information content (AvgIpc) is 2.78. The van der Waals surface area contributed by atoms with Crippen molar-refractivity contribution >= 4 is 11.9 Å². The first kappa shape index (κ1) is 13.2. The Morgan fingerprint density at radius 1 is 1.59 bits per heavy atom. The summed E-state index contributed by atoms with van der Waals surface area (Å²) in [5.74, 6) is -1.34. The average molecular weight is 240 g/mol. The van der Waals surface area contributed by atoms with Crippen LogP contribution in [-0.4, -0.2) is 46.6 Å². The molecule has 0 unspecified atom stereocenters. The summed E-state index contributed by atoms with van der Waals surface area (Å²) >= 11 is 0. The van der Waals surface area contributed by atoms with E-state index in [1.165, 1.54) is 12.5 Å². The molecule has 0 fully saturated rings. The molecule has 1 atom stereocenters. The number of hydrogen-bond donors (Lipinski definition) is 4.